The van der Waals surface area contributed by atoms with E-state index in [0.717, 1.165) is 5.56 Å². The van der Waals surface area contributed by atoms with Gasteiger partial charge in [0.15, 0.2) is 18.8 Å². The molecular formula is C18H24Cl2N2O8PS+. The number of H-pyrrole nitrogens is 1. The van der Waals surface area contributed by atoms with E-state index in [1.165, 1.54) is 10.8 Å². The molecule has 3 atom stereocenters. The number of hydrogen-bond acceptors (Lipinski definition) is 9. The first-order chi connectivity index (χ1) is 15.2. The standard InChI is InChI=1S/C8H9ClN2O3S.C8H9ClO5P.C2H6/c9-4-3-11(8(13)10-7(4)15)5-1-2-6(12)14-5;9-7-1-2-8-6(3-7)4-12-15(11,14-8)13-5-10;1-2/h3,5-6,12H,1-2H2,(H,10,13,15);1-3,10-11H,4-5H2;1-2H3/q;+1;/t5?,6-;;/m0../s1. The summed E-state index contributed by atoms with van der Waals surface area (Å²) in [7, 11) is -3.40. The lowest BCUT2D eigenvalue weighted by atomic mass is 10.2. The number of aromatic amines is 1. The molecule has 2 unspecified atom stereocenters. The summed E-state index contributed by atoms with van der Waals surface area (Å²) in [6.07, 6.45) is 1.21. The first kappa shape index (κ1) is 27.1. The summed E-state index contributed by atoms with van der Waals surface area (Å²) in [5.41, 5.74) is 0.345. The molecule has 0 radical (unpaired) electrons. The molecule has 178 valence electrons. The number of nitrogens with zero attached hydrogens (tertiary/aromatic N) is 1. The maximum absolute atomic E-state index is 11.5. The molecule has 0 spiro atoms. The Morgan fingerprint density at radius 2 is 2.06 bits per heavy atom. The lowest BCUT2D eigenvalue weighted by Crippen LogP contribution is -2.27. The van der Waals surface area contributed by atoms with Crippen molar-refractivity contribution in [3.63, 3.8) is 0 Å². The molecule has 2 aromatic rings. The normalized spacial score (nSPS) is 23.7. The zero-order valence-corrected chi connectivity index (χ0v) is 20.5. The van der Waals surface area contributed by atoms with Crippen LogP contribution in [0, 0.1) is 4.64 Å². The first-order valence-corrected chi connectivity index (χ1v) is 12.2. The Balaban J connectivity index is 0.000000211. The molecule has 14 heteroatoms. The lowest BCUT2D eigenvalue weighted by molar-refractivity contribution is -0.113. The van der Waals surface area contributed by atoms with Crippen molar-refractivity contribution in [2.45, 2.75) is 45.8 Å². The lowest BCUT2D eigenvalue weighted by Gasteiger charge is -2.20. The second-order valence-corrected chi connectivity index (χ2v) is 9.00. The van der Waals surface area contributed by atoms with Crippen LogP contribution in [-0.4, -0.2) is 37.7 Å². The number of ether oxygens (including phenoxy) is 1. The quantitative estimate of drug-likeness (QED) is 0.263. The molecule has 0 saturated carbocycles. The Hall–Kier alpha value is -1.11. The number of rotatable bonds is 3. The summed E-state index contributed by atoms with van der Waals surface area (Å²) in [4.78, 5) is 23.6. The van der Waals surface area contributed by atoms with Crippen molar-refractivity contribution in [2.75, 3.05) is 6.79 Å². The zero-order valence-electron chi connectivity index (χ0n) is 17.2. The molecule has 10 nitrogen and oxygen atoms in total. The zero-order chi connectivity index (χ0) is 23.9. The number of nitrogens with one attached hydrogen (secondary N) is 1. The molecule has 32 heavy (non-hydrogen) atoms. The van der Waals surface area contributed by atoms with Crippen molar-refractivity contribution in [3.8, 4) is 5.75 Å². The van der Waals surface area contributed by atoms with Gasteiger partial charge in [-0.15, -0.1) is 9.05 Å². The number of hydrogen-bond donors (Lipinski definition) is 4. The fraction of sp³-hybridized carbons (Fsp3) is 0.444. The molecule has 2 aliphatic heterocycles. The van der Waals surface area contributed by atoms with Crippen LogP contribution >= 0.6 is 43.6 Å². The van der Waals surface area contributed by atoms with Crippen LogP contribution in [0.15, 0.2) is 29.2 Å². The van der Waals surface area contributed by atoms with Gasteiger partial charge >= 0.3 is 13.9 Å². The van der Waals surface area contributed by atoms with Crippen molar-refractivity contribution in [1.82, 2.24) is 9.55 Å². The minimum absolute atomic E-state index is 0.139. The smallest absolute Gasteiger partial charge is 0.368 e. The molecular weight excluding hydrogens is 506 g/mol. The van der Waals surface area contributed by atoms with Crippen molar-refractivity contribution in [2.24, 2.45) is 0 Å². The van der Waals surface area contributed by atoms with Crippen LogP contribution in [0.2, 0.25) is 10.0 Å². The van der Waals surface area contributed by atoms with E-state index < -0.39 is 27.5 Å². The summed E-state index contributed by atoms with van der Waals surface area (Å²) in [5.74, 6) is 0.454. The van der Waals surface area contributed by atoms with Gasteiger partial charge in [0.05, 0.1) is 5.02 Å². The predicted molar refractivity (Wildman–Crippen MR) is 122 cm³/mol. The Morgan fingerprint density at radius 3 is 2.69 bits per heavy atom. The van der Waals surface area contributed by atoms with E-state index in [1.807, 2.05) is 13.8 Å². The number of halogens is 2. The molecule has 3 heterocycles. The maximum atomic E-state index is 11.5. The molecule has 2 aliphatic rings. The molecule has 0 aliphatic carbocycles. The number of aromatic nitrogens is 2. The van der Waals surface area contributed by atoms with E-state index in [-0.39, 0.29) is 22.0 Å². The van der Waals surface area contributed by atoms with Crippen molar-refractivity contribution >= 4 is 43.6 Å². The Kier molecular flexibility index (Phi) is 10.5. The van der Waals surface area contributed by atoms with Crippen LogP contribution in [0.25, 0.3) is 0 Å². The van der Waals surface area contributed by atoms with E-state index in [0.29, 0.717) is 23.6 Å². The average Bonchev–Trinajstić information content (AvgIpc) is 3.19. The van der Waals surface area contributed by atoms with Gasteiger partial charge in [-0.05, 0) is 24.6 Å². The number of benzene rings is 1. The third kappa shape index (κ3) is 7.19. The van der Waals surface area contributed by atoms with Crippen molar-refractivity contribution < 1.29 is 33.4 Å². The van der Waals surface area contributed by atoms with Crippen molar-refractivity contribution in [1.29, 1.82) is 0 Å². The highest BCUT2D eigenvalue weighted by atomic mass is 35.5. The fourth-order valence-electron chi connectivity index (χ4n) is 2.67. The molecule has 0 amide bonds. The Labute approximate surface area is 199 Å². The van der Waals surface area contributed by atoms with Crippen LogP contribution in [0.1, 0.15) is 38.5 Å². The summed E-state index contributed by atoms with van der Waals surface area (Å²) in [5, 5.41) is 18.6. The van der Waals surface area contributed by atoms with Gasteiger partial charge in [-0.3, -0.25) is 14.1 Å². The molecule has 4 rings (SSSR count). The highest BCUT2D eigenvalue weighted by Crippen LogP contribution is 2.61. The van der Waals surface area contributed by atoms with E-state index in [1.54, 1.807) is 18.2 Å². The average molecular weight is 530 g/mol. The van der Waals surface area contributed by atoms with Crippen LogP contribution in [0.4, 0.5) is 0 Å². The molecule has 1 aromatic heterocycles. The molecule has 0 bridgehead atoms. The third-order valence-corrected chi connectivity index (χ3v) is 6.33. The van der Waals surface area contributed by atoms with Gasteiger partial charge in [0.1, 0.15) is 17.5 Å². The van der Waals surface area contributed by atoms with E-state index >= 15 is 0 Å². The first-order valence-electron chi connectivity index (χ1n) is 9.55. The second-order valence-electron chi connectivity index (χ2n) is 6.11. The Bertz CT molecular complexity index is 1020. The van der Waals surface area contributed by atoms with Gasteiger partial charge in [0, 0.05) is 23.2 Å². The third-order valence-electron chi connectivity index (χ3n) is 4.05. The number of aliphatic hydroxyl groups is 2. The van der Waals surface area contributed by atoms with E-state index in [9.17, 15) is 14.8 Å². The minimum Gasteiger partial charge on any atom is -0.368 e. The van der Waals surface area contributed by atoms with Crippen molar-refractivity contribution in [3.05, 3.63) is 55.1 Å². The summed E-state index contributed by atoms with van der Waals surface area (Å²) in [6.45, 7) is 3.48. The van der Waals surface area contributed by atoms with Crippen LogP contribution in [0.5, 0.6) is 5.75 Å². The molecule has 4 N–H and O–H groups in total. The molecule has 1 aromatic carbocycles. The summed E-state index contributed by atoms with van der Waals surface area (Å²) in [6, 6.07) is 4.93. The van der Waals surface area contributed by atoms with Gasteiger partial charge in [-0.2, -0.15) is 4.89 Å². The molecule has 1 fully saturated rings. The largest absolute Gasteiger partial charge is 0.621 e. The van der Waals surface area contributed by atoms with Gasteiger partial charge in [0.2, 0.25) is 0 Å². The summed E-state index contributed by atoms with van der Waals surface area (Å²) < 4.78 is 21.3. The number of aliphatic hydroxyl groups excluding tert-OH is 2. The minimum atomic E-state index is -3.40. The maximum Gasteiger partial charge on any atom is 0.621 e. The van der Waals surface area contributed by atoms with Crippen LogP contribution < -0.4 is 10.2 Å². The fourth-order valence-corrected chi connectivity index (χ4v) is 4.21. The van der Waals surface area contributed by atoms with Crippen LogP contribution in [-0.2, 0) is 20.4 Å². The summed E-state index contributed by atoms with van der Waals surface area (Å²) >= 11 is 16.4. The highest BCUT2D eigenvalue weighted by molar-refractivity contribution is 7.71. The highest BCUT2D eigenvalue weighted by Gasteiger charge is 2.50. The molecule has 1 saturated heterocycles. The van der Waals surface area contributed by atoms with Gasteiger partial charge in [-0.1, -0.05) is 49.3 Å². The van der Waals surface area contributed by atoms with Gasteiger partial charge in [0.25, 0.3) is 0 Å². The topological polar surface area (TPSA) is 135 Å². The van der Waals surface area contributed by atoms with Crippen LogP contribution in [0.3, 0.4) is 0 Å². The number of fused-ring (bicyclic) bond motifs is 1. The Morgan fingerprint density at radius 1 is 1.34 bits per heavy atom. The SMILES string of the molecule is CC.O=c1[nH]c(=S)c(Cl)cn1C1CC[C@@H](O)O1.OCO[P+]1(O)OCc2cc(Cl)ccc2O1. The second kappa shape index (κ2) is 12.4. The van der Waals surface area contributed by atoms with Gasteiger partial charge < -0.3 is 14.9 Å². The van der Waals surface area contributed by atoms with Gasteiger partial charge in [-0.25, -0.2) is 4.79 Å². The van der Waals surface area contributed by atoms with E-state index in [2.05, 4.69) is 9.51 Å². The van der Waals surface area contributed by atoms with E-state index in [4.69, 9.17) is 54.3 Å². The predicted octanol–water partition coefficient (Wildman–Crippen LogP) is 4.10. The monoisotopic (exact) mass is 529 g/mol.